The number of nitrogens with one attached hydrogen (secondary N) is 1. The van der Waals surface area contributed by atoms with Crippen LogP contribution in [0, 0.1) is 0 Å². The van der Waals surface area contributed by atoms with Crippen molar-refractivity contribution in [3.63, 3.8) is 0 Å². The van der Waals surface area contributed by atoms with Crippen LogP contribution in [0.15, 0.2) is 53.7 Å². The molecule has 1 aromatic heterocycles. The molecule has 2 heterocycles. The van der Waals surface area contributed by atoms with Crippen LogP contribution in [0.1, 0.15) is 18.4 Å². The molecule has 1 amide bonds. The number of nitrogens with zero attached hydrogens (tertiary/aromatic N) is 5. The van der Waals surface area contributed by atoms with E-state index in [-0.39, 0.29) is 17.4 Å². The van der Waals surface area contributed by atoms with E-state index in [1.165, 1.54) is 47.9 Å². The van der Waals surface area contributed by atoms with Crippen molar-refractivity contribution in [2.24, 2.45) is 0 Å². The largest absolute Gasteiger partial charge is 0.508 e. The summed E-state index contributed by atoms with van der Waals surface area (Å²) < 4.78 is 1.53. The summed E-state index contributed by atoms with van der Waals surface area (Å²) in [7, 11) is 0. The fraction of sp³-hybridized carbons (Fsp3) is 0.300. The molecule has 0 aliphatic carbocycles. The number of hydrogen-bond donors (Lipinski definition) is 2. The number of thioether (sulfide) groups is 1. The second kappa shape index (κ2) is 9.06. The maximum Gasteiger partial charge on any atom is 0.234 e. The average Bonchev–Trinajstić information content (AvgIpc) is 3.40. The van der Waals surface area contributed by atoms with Gasteiger partial charge in [-0.1, -0.05) is 23.9 Å². The SMILES string of the molecule is O=C(CSc1nnnn1-c1ccc(O)cc1)Nc1ccc(CN2CCCC2)cc1. The van der Waals surface area contributed by atoms with Crippen molar-refractivity contribution in [3.05, 3.63) is 54.1 Å². The molecule has 0 unspecified atom stereocenters. The molecule has 0 bridgehead atoms. The van der Waals surface area contributed by atoms with E-state index in [9.17, 15) is 9.90 Å². The molecule has 8 nitrogen and oxygen atoms in total. The number of likely N-dealkylation sites (tertiary alicyclic amines) is 1. The van der Waals surface area contributed by atoms with E-state index in [1.807, 2.05) is 12.1 Å². The fourth-order valence-electron chi connectivity index (χ4n) is 3.24. The van der Waals surface area contributed by atoms with Crippen LogP contribution < -0.4 is 5.32 Å². The smallest absolute Gasteiger partial charge is 0.234 e. The highest BCUT2D eigenvalue weighted by atomic mass is 32.2. The Labute approximate surface area is 172 Å². The van der Waals surface area contributed by atoms with Crippen LogP contribution in [0.3, 0.4) is 0 Å². The summed E-state index contributed by atoms with van der Waals surface area (Å²) >= 11 is 1.25. The van der Waals surface area contributed by atoms with E-state index in [0.29, 0.717) is 10.8 Å². The van der Waals surface area contributed by atoms with Crippen LogP contribution in [0.25, 0.3) is 5.69 Å². The van der Waals surface area contributed by atoms with Gasteiger partial charge in [-0.15, -0.1) is 5.10 Å². The molecule has 2 aromatic carbocycles. The van der Waals surface area contributed by atoms with Gasteiger partial charge in [-0.2, -0.15) is 4.68 Å². The Balaban J connectivity index is 1.30. The highest BCUT2D eigenvalue weighted by Crippen LogP contribution is 2.20. The van der Waals surface area contributed by atoms with Gasteiger partial charge in [-0.05, 0) is 78.3 Å². The summed E-state index contributed by atoms with van der Waals surface area (Å²) in [6, 6.07) is 14.5. The quantitative estimate of drug-likeness (QED) is 0.578. The molecule has 3 aromatic rings. The van der Waals surface area contributed by atoms with Crippen LogP contribution in [0.2, 0.25) is 0 Å². The number of anilines is 1. The monoisotopic (exact) mass is 410 g/mol. The minimum Gasteiger partial charge on any atom is -0.508 e. The van der Waals surface area contributed by atoms with Crippen molar-refractivity contribution in [2.45, 2.75) is 24.5 Å². The topological polar surface area (TPSA) is 96.2 Å². The van der Waals surface area contributed by atoms with E-state index in [4.69, 9.17) is 0 Å². The fourth-order valence-corrected chi connectivity index (χ4v) is 3.94. The molecule has 9 heteroatoms. The molecule has 4 rings (SSSR count). The predicted octanol–water partition coefficient (Wildman–Crippen LogP) is 2.69. The van der Waals surface area contributed by atoms with Gasteiger partial charge in [0.05, 0.1) is 11.4 Å². The summed E-state index contributed by atoms with van der Waals surface area (Å²) in [6.07, 6.45) is 2.56. The zero-order chi connectivity index (χ0) is 20.1. The van der Waals surface area contributed by atoms with Gasteiger partial charge in [0.25, 0.3) is 0 Å². The second-order valence-electron chi connectivity index (χ2n) is 6.91. The third-order valence-electron chi connectivity index (χ3n) is 4.71. The number of carbonyl (C=O) groups is 1. The Hall–Kier alpha value is -2.91. The molecule has 0 atom stereocenters. The number of rotatable bonds is 7. The molecule has 1 aliphatic rings. The summed E-state index contributed by atoms with van der Waals surface area (Å²) in [5.74, 6) is 0.234. The number of aromatic hydroxyl groups is 1. The second-order valence-corrected chi connectivity index (χ2v) is 7.85. The molecular formula is C20H22N6O2S. The lowest BCUT2D eigenvalue weighted by Crippen LogP contribution is -2.18. The predicted molar refractivity (Wildman–Crippen MR) is 111 cm³/mol. The van der Waals surface area contributed by atoms with Crippen LogP contribution in [-0.4, -0.2) is 55.0 Å². The maximum atomic E-state index is 12.3. The highest BCUT2D eigenvalue weighted by molar-refractivity contribution is 7.99. The minimum absolute atomic E-state index is 0.123. The molecule has 150 valence electrons. The Morgan fingerprint density at radius 3 is 2.52 bits per heavy atom. The van der Waals surface area contributed by atoms with Gasteiger partial charge in [0.15, 0.2) is 0 Å². The molecule has 0 radical (unpaired) electrons. The number of benzene rings is 2. The van der Waals surface area contributed by atoms with E-state index < -0.39 is 0 Å². The summed E-state index contributed by atoms with van der Waals surface area (Å²) in [5.41, 5.74) is 2.75. The maximum absolute atomic E-state index is 12.3. The third kappa shape index (κ3) is 5.12. The average molecular weight is 411 g/mol. The molecular weight excluding hydrogens is 388 g/mol. The molecule has 2 N–H and O–H groups in total. The molecule has 1 aliphatic heterocycles. The summed E-state index contributed by atoms with van der Waals surface area (Å²) in [6.45, 7) is 3.29. The van der Waals surface area contributed by atoms with Crippen LogP contribution >= 0.6 is 11.8 Å². The van der Waals surface area contributed by atoms with E-state index in [1.54, 1.807) is 24.3 Å². The summed E-state index contributed by atoms with van der Waals surface area (Å²) in [5, 5.41) is 24.4. The number of hydrogen-bond acceptors (Lipinski definition) is 7. The van der Waals surface area contributed by atoms with Crippen molar-refractivity contribution in [1.29, 1.82) is 0 Å². The van der Waals surface area contributed by atoms with Gasteiger partial charge in [0.2, 0.25) is 11.1 Å². The first-order valence-corrected chi connectivity index (χ1v) is 10.5. The van der Waals surface area contributed by atoms with Crippen molar-refractivity contribution in [3.8, 4) is 11.4 Å². The lowest BCUT2D eigenvalue weighted by Gasteiger charge is -2.14. The lowest BCUT2D eigenvalue weighted by molar-refractivity contribution is -0.113. The van der Waals surface area contributed by atoms with Gasteiger partial charge in [-0.25, -0.2) is 0 Å². The molecule has 0 saturated carbocycles. The van der Waals surface area contributed by atoms with Gasteiger partial charge < -0.3 is 10.4 Å². The van der Waals surface area contributed by atoms with Crippen LogP contribution in [0.4, 0.5) is 5.69 Å². The zero-order valence-corrected chi connectivity index (χ0v) is 16.7. The lowest BCUT2D eigenvalue weighted by atomic mass is 10.2. The first-order valence-electron chi connectivity index (χ1n) is 9.49. The Morgan fingerprint density at radius 1 is 1.07 bits per heavy atom. The van der Waals surface area contributed by atoms with E-state index in [2.05, 4.69) is 37.9 Å². The Bertz CT molecular complexity index is 952. The molecule has 0 spiro atoms. The molecule has 1 fully saturated rings. The number of aromatic nitrogens is 4. The van der Waals surface area contributed by atoms with Gasteiger partial charge in [-0.3, -0.25) is 9.69 Å². The minimum atomic E-state index is -0.123. The van der Waals surface area contributed by atoms with E-state index >= 15 is 0 Å². The van der Waals surface area contributed by atoms with Gasteiger partial charge >= 0.3 is 0 Å². The number of amides is 1. The number of phenolic OH excluding ortho intramolecular Hbond substituents is 1. The first-order chi connectivity index (χ1) is 14.2. The van der Waals surface area contributed by atoms with Crippen molar-refractivity contribution in [2.75, 3.05) is 24.2 Å². The normalized spacial score (nSPS) is 14.2. The number of tetrazole rings is 1. The van der Waals surface area contributed by atoms with Crippen LogP contribution in [0.5, 0.6) is 5.75 Å². The van der Waals surface area contributed by atoms with E-state index in [0.717, 1.165) is 12.2 Å². The first kappa shape index (κ1) is 19.4. The van der Waals surface area contributed by atoms with Crippen molar-refractivity contribution in [1.82, 2.24) is 25.1 Å². The highest BCUT2D eigenvalue weighted by Gasteiger charge is 2.13. The Morgan fingerprint density at radius 2 is 1.79 bits per heavy atom. The standard InChI is InChI=1S/C20H22N6O2S/c27-18-9-7-17(8-10-18)26-20(22-23-24-26)29-14-19(28)21-16-5-3-15(4-6-16)13-25-11-1-2-12-25/h3-10,27H,1-2,11-14H2,(H,21,28). The van der Waals surface area contributed by atoms with Gasteiger partial charge in [0.1, 0.15) is 5.75 Å². The summed E-state index contributed by atoms with van der Waals surface area (Å²) in [4.78, 5) is 14.8. The molecule has 1 saturated heterocycles. The van der Waals surface area contributed by atoms with Crippen molar-refractivity contribution >= 4 is 23.4 Å². The number of phenols is 1. The molecule has 29 heavy (non-hydrogen) atoms. The van der Waals surface area contributed by atoms with Crippen molar-refractivity contribution < 1.29 is 9.90 Å². The third-order valence-corrected chi connectivity index (χ3v) is 5.63. The zero-order valence-electron chi connectivity index (χ0n) is 15.9. The number of carbonyl (C=O) groups excluding carboxylic acids is 1. The Kier molecular flexibility index (Phi) is 6.06. The van der Waals surface area contributed by atoms with Gasteiger partial charge in [0, 0.05) is 12.2 Å². The van der Waals surface area contributed by atoms with Crippen LogP contribution in [-0.2, 0) is 11.3 Å².